The summed E-state index contributed by atoms with van der Waals surface area (Å²) in [6.07, 6.45) is 0.0311. The molecule has 0 fully saturated rings. The molecule has 1 unspecified atom stereocenters. The lowest BCUT2D eigenvalue weighted by Gasteiger charge is -2.18. The molecule has 8 heteroatoms. The predicted molar refractivity (Wildman–Crippen MR) is 55.6 cm³/mol. The summed E-state index contributed by atoms with van der Waals surface area (Å²) in [4.78, 5) is 21.5. The summed E-state index contributed by atoms with van der Waals surface area (Å²) < 4.78 is 2.19. The highest BCUT2D eigenvalue weighted by Crippen LogP contribution is 2.28. The number of rotatable bonds is 3. The minimum absolute atomic E-state index is 0.714. The van der Waals surface area contributed by atoms with Crippen LogP contribution < -0.4 is 5.32 Å². The Hall–Kier alpha value is -0.490. The average molecular weight is 277 g/mol. The predicted octanol–water partition coefficient (Wildman–Crippen LogP) is 0.520. The molecular weight excluding hydrogens is 268 g/mol. The molecule has 0 saturated heterocycles. The van der Waals surface area contributed by atoms with Crippen LogP contribution in [0.4, 0.5) is 0 Å². The summed E-state index contributed by atoms with van der Waals surface area (Å²) in [5.41, 5.74) is 0. The Kier molecular flexibility index (Phi) is 5.97. The summed E-state index contributed by atoms with van der Waals surface area (Å²) in [5.74, 6) is -1.51. The molecule has 15 heavy (non-hydrogen) atoms. The summed E-state index contributed by atoms with van der Waals surface area (Å²) in [6.45, 7) is 0. The lowest BCUT2D eigenvalue weighted by molar-refractivity contribution is -0.135. The second-order valence-corrected chi connectivity index (χ2v) is 4.68. The number of carbonyl (C=O) groups excluding carboxylic acids is 2. The Balaban J connectivity index is 4.16. The van der Waals surface area contributed by atoms with Crippen LogP contribution in [0.1, 0.15) is 0 Å². The summed E-state index contributed by atoms with van der Waals surface area (Å²) >= 11 is 15.8. The second kappa shape index (κ2) is 6.17. The van der Waals surface area contributed by atoms with E-state index in [1.165, 1.54) is 0 Å². The van der Waals surface area contributed by atoms with Crippen LogP contribution >= 0.6 is 34.8 Å². The smallest absolute Gasteiger partial charge is 0.330 e. The van der Waals surface area contributed by atoms with E-state index in [-0.39, 0.29) is 0 Å². The third-order valence-corrected chi connectivity index (χ3v) is 1.78. The van der Waals surface area contributed by atoms with E-state index in [2.05, 4.69) is 4.74 Å². The number of nitrogens with one attached hydrogen (secondary N) is 1. The highest BCUT2D eigenvalue weighted by molar-refractivity contribution is 6.68. The zero-order chi connectivity index (χ0) is 12.1. The minimum atomic E-state index is -2.03. The van der Waals surface area contributed by atoms with Crippen LogP contribution in [-0.2, 0) is 14.3 Å². The van der Waals surface area contributed by atoms with Crippen molar-refractivity contribution >= 4 is 46.7 Å². The van der Waals surface area contributed by atoms with Crippen molar-refractivity contribution in [3.63, 3.8) is 0 Å². The number of aliphatic hydroxyl groups excluding tert-OH is 1. The van der Waals surface area contributed by atoms with E-state index in [0.29, 0.717) is 0 Å². The first-order valence-corrected chi connectivity index (χ1v) is 4.72. The summed E-state index contributed by atoms with van der Waals surface area (Å²) in [6, 6.07) is 0. The lowest BCUT2D eigenvalue weighted by Crippen LogP contribution is -2.42. The van der Waals surface area contributed by atoms with Gasteiger partial charge in [-0.25, -0.2) is 4.79 Å². The number of hydrogen-bond donors (Lipinski definition) is 2. The number of carbonyl (C=O) groups is 2. The molecule has 0 radical (unpaired) electrons. The molecule has 0 saturated carbocycles. The molecule has 0 aromatic heterocycles. The van der Waals surface area contributed by atoms with Gasteiger partial charge in [-0.05, 0) is 0 Å². The lowest BCUT2D eigenvalue weighted by atomic mass is 10.4. The van der Waals surface area contributed by atoms with Crippen molar-refractivity contribution in [3.8, 4) is 0 Å². The molecular formula is C7H8Cl3NO4. The van der Waals surface area contributed by atoms with Crippen LogP contribution in [0.3, 0.4) is 0 Å². The number of ether oxygens (including phenoxy) is 1. The zero-order valence-corrected chi connectivity index (χ0v) is 9.81. The fourth-order valence-corrected chi connectivity index (χ4v) is 0.640. The van der Waals surface area contributed by atoms with Gasteiger partial charge in [0.05, 0.1) is 7.11 Å². The van der Waals surface area contributed by atoms with Gasteiger partial charge >= 0.3 is 5.97 Å². The second-order valence-electron chi connectivity index (χ2n) is 2.31. The number of esters is 1. The van der Waals surface area contributed by atoms with Gasteiger partial charge in [-0.2, -0.15) is 0 Å². The fraction of sp³-hybridized carbons (Fsp3) is 0.429. The Bertz CT molecular complexity index is 274. The molecule has 0 aromatic rings. The number of methoxy groups -OCH3 is 1. The number of hydrogen-bond acceptors (Lipinski definition) is 4. The van der Waals surface area contributed by atoms with Gasteiger partial charge in [0.2, 0.25) is 9.70 Å². The molecule has 0 aliphatic rings. The molecule has 0 aliphatic carbocycles. The quantitative estimate of drug-likeness (QED) is 0.341. The van der Waals surface area contributed by atoms with Crippen molar-refractivity contribution < 1.29 is 19.4 Å². The van der Waals surface area contributed by atoms with Crippen LogP contribution in [0.2, 0.25) is 0 Å². The van der Waals surface area contributed by atoms with Gasteiger partial charge in [-0.1, -0.05) is 34.8 Å². The van der Waals surface area contributed by atoms with E-state index >= 15 is 0 Å². The SMILES string of the molecule is COC(=O)C=CC(=O)NC(O)C(Cl)(Cl)Cl. The zero-order valence-electron chi connectivity index (χ0n) is 7.54. The van der Waals surface area contributed by atoms with Gasteiger partial charge in [0.15, 0.2) is 6.23 Å². The molecule has 5 nitrogen and oxygen atoms in total. The number of alkyl halides is 3. The Morgan fingerprint density at radius 2 is 1.93 bits per heavy atom. The monoisotopic (exact) mass is 275 g/mol. The normalized spacial score (nSPS) is 13.7. The summed E-state index contributed by atoms with van der Waals surface area (Å²) in [7, 11) is 1.15. The van der Waals surface area contributed by atoms with Gasteiger partial charge in [-0.3, -0.25) is 4.79 Å². The van der Waals surface area contributed by atoms with Gasteiger partial charge < -0.3 is 15.2 Å². The van der Waals surface area contributed by atoms with E-state index in [1.807, 2.05) is 5.32 Å². The average Bonchev–Trinajstić information content (AvgIpc) is 2.12. The maximum Gasteiger partial charge on any atom is 0.330 e. The number of amides is 1. The van der Waals surface area contributed by atoms with Gasteiger partial charge in [0, 0.05) is 12.2 Å². The molecule has 1 atom stereocenters. The van der Waals surface area contributed by atoms with Crippen molar-refractivity contribution in [2.45, 2.75) is 10.0 Å². The first-order valence-electron chi connectivity index (χ1n) is 3.58. The van der Waals surface area contributed by atoms with Crippen LogP contribution in [0.15, 0.2) is 12.2 Å². The molecule has 0 aliphatic heterocycles. The van der Waals surface area contributed by atoms with Crippen LogP contribution in [0.5, 0.6) is 0 Å². The minimum Gasteiger partial charge on any atom is -0.466 e. The van der Waals surface area contributed by atoms with E-state index in [0.717, 1.165) is 19.3 Å². The molecule has 0 spiro atoms. The van der Waals surface area contributed by atoms with Crippen LogP contribution in [0, 0.1) is 0 Å². The summed E-state index contributed by atoms with van der Waals surface area (Å²) in [5, 5.41) is 11.0. The Morgan fingerprint density at radius 1 is 1.40 bits per heavy atom. The van der Waals surface area contributed by atoms with Crippen LogP contribution in [-0.4, -0.2) is 34.1 Å². The molecule has 0 rings (SSSR count). The molecule has 0 heterocycles. The first kappa shape index (κ1) is 14.5. The topological polar surface area (TPSA) is 75.6 Å². The highest BCUT2D eigenvalue weighted by Gasteiger charge is 2.31. The van der Waals surface area contributed by atoms with Gasteiger partial charge in [0.25, 0.3) is 0 Å². The van der Waals surface area contributed by atoms with E-state index in [1.54, 1.807) is 0 Å². The molecule has 86 valence electrons. The van der Waals surface area contributed by atoms with Crippen molar-refractivity contribution in [1.29, 1.82) is 0 Å². The fourth-order valence-electron chi connectivity index (χ4n) is 0.476. The van der Waals surface area contributed by atoms with Crippen molar-refractivity contribution in [2.75, 3.05) is 7.11 Å². The maximum atomic E-state index is 11.0. The largest absolute Gasteiger partial charge is 0.466 e. The van der Waals surface area contributed by atoms with Crippen molar-refractivity contribution in [2.24, 2.45) is 0 Å². The standard InChI is InChI=1S/C7H8Cl3NO4/c1-15-5(13)3-2-4(12)11-6(14)7(8,9)10/h2-3,6,14H,1H3,(H,11,12). The first-order chi connectivity index (χ1) is 6.77. The van der Waals surface area contributed by atoms with Crippen LogP contribution in [0.25, 0.3) is 0 Å². The molecule has 1 amide bonds. The molecule has 0 bridgehead atoms. The highest BCUT2D eigenvalue weighted by atomic mass is 35.6. The van der Waals surface area contributed by atoms with Gasteiger partial charge in [-0.15, -0.1) is 0 Å². The molecule has 0 aromatic carbocycles. The third-order valence-electron chi connectivity index (χ3n) is 1.16. The van der Waals surface area contributed by atoms with E-state index in [9.17, 15) is 9.59 Å². The Morgan fingerprint density at radius 3 is 2.33 bits per heavy atom. The number of halogens is 3. The Labute approximate surface area is 101 Å². The van der Waals surface area contributed by atoms with Crippen molar-refractivity contribution in [3.05, 3.63) is 12.2 Å². The van der Waals surface area contributed by atoms with E-state index < -0.39 is 21.9 Å². The number of aliphatic hydroxyl groups is 1. The third kappa shape index (κ3) is 6.57. The van der Waals surface area contributed by atoms with Gasteiger partial charge in [0.1, 0.15) is 0 Å². The van der Waals surface area contributed by atoms with Crippen molar-refractivity contribution in [1.82, 2.24) is 5.32 Å². The maximum absolute atomic E-state index is 11.0. The molecule has 2 N–H and O–H groups in total. The van der Waals surface area contributed by atoms with E-state index in [4.69, 9.17) is 39.9 Å².